The second kappa shape index (κ2) is 11.1. The Morgan fingerprint density at radius 1 is 0.517 bits per heavy atom. The van der Waals surface area contributed by atoms with Gasteiger partial charge in [0.15, 0.2) is 0 Å². The molecule has 3 aromatic carbocycles. The fraction of sp³-hybridized carbons (Fsp3) is 0.250. The zero-order valence-corrected chi connectivity index (χ0v) is 19.1. The van der Waals surface area contributed by atoms with Gasteiger partial charge in [-0.3, -0.25) is 0 Å². The van der Waals surface area contributed by atoms with Gasteiger partial charge in [-0.1, -0.05) is 0 Å². The number of halogens is 1. The molecule has 3 aromatic rings. The number of nitrogens with one attached hydrogen (secondary N) is 2. The second-order valence-corrected chi connectivity index (χ2v) is 13.2. The average Bonchev–Trinajstić information content (AvgIpc) is 2.91. The Kier molecular flexibility index (Phi) is 8.49. The van der Waals surface area contributed by atoms with Gasteiger partial charge in [0, 0.05) is 0 Å². The summed E-state index contributed by atoms with van der Waals surface area (Å²) in [4.78, 5) is 0. The molecule has 0 bridgehead atoms. The fourth-order valence-electron chi connectivity index (χ4n) is 4.39. The Bertz CT molecular complexity index is 739. The van der Waals surface area contributed by atoms with Crippen molar-refractivity contribution in [1.82, 2.24) is 14.0 Å². The van der Waals surface area contributed by atoms with Crippen LogP contribution < -0.4 is 22.2 Å². The van der Waals surface area contributed by atoms with Crippen LogP contribution in [-0.2, 0) is 16.8 Å². The molecule has 4 rings (SSSR count). The van der Waals surface area contributed by atoms with Gasteiger partial charge in [0.25, 0.3) is 0 Å². The van der Waals surface area contributed by atoms with E-state index in [1.807, 2.05) is 0 Å². The molecule has 0 amide bonds. The van der Waals surface area contributed by atoms with E-state index in [2.05, 4.69) is 105 Å². The number of benzene rings is 3. The molecule has 152 valence electrons. The van der Waals surface area contributed by atoms with Crippen molar-refractivity contribution in [2.75, 3.05) is 39.3 Å². The number of nitrogens with zero attached hydrogens (tertiary/aromatic N) is 1. The molecule has 0 unspecified atom stereocenters. The molecule has 0 spiro atoms. The van der Waals surface area contributed by atoms with E-state index in [1.54, 1.807) is 0 Å². The Morgan fingerprint density at radius 2 is 0.862 bits per heavy atom. The van der Waals surface area contributed by atoms with Crippen molar-refractivity contribution in [2.45, 2.75) is 0 Å². The van der Waals surface area contributed by atoms with E-state index >= 15 is 0 Å². The average molecular weight is 444 g/mol. The summed E-state index contributed by atoms with van der Waals surface area (Å²) in [5.74, 6) is 0. The van der Waals surface area contributed by atoms with Gasteiger partial charge in [0.1, 0.15) is 0 Å². The third kappa shape index (κ3) is 4.83. The molecule has 0 aliphatic carbocycles. The van der Waals surface area contributed by atoms with Crippen LogP contribution in [0.2, 0.25) is 0 Å². The molecule has 5 heteroatoms. The zero-order valence-electron chi connectivity index (χ0n) is 16.8. The summed E-state index contributed by atoms with van der Waals surface area (Å²) < 4.78 is 7.32. The van der Waals surface area contributed by atoms with Crippen molar-refractivity contribution < 1.29 is 16.8 Å². The van der Waals surface area contributed by atoms with Crippen molar-refractivity contribution in [1.29, 1.82) is 0 Å². The first-order valence-corrected chi connectivity index (χ1v) is 13.3. The predicted octanol–water partition coefficient (Wildman–Crippen LogP) is 1.95. The summed E-state index contributed by atoms with van der Waals surface area (Å²) in [6.45, 7) is 6.27. The van der Waals surface area contributed by atoms with Crippen LogP contribution >= 0.6 is 12.4 Å². The summed E-state index contributed by atoms with van der Waals surface area (Å²) in [7, 11) is 0. The Balaban J connectivity index is 0.00000240. The van der Waals surface area contributed by atoms with Crippen LogP contribution in [0.4, 0.5) is 0 Å². The second-order valence-electron chi connectivity index (χ2n) is 7.30. The minimum absolute atomic E-state index is 0. The monoisotopic (exact) mass is 443 g/mol. The van der Waals surface area contributed by atoms with E-state index in [9.17, 15) is 0 Å². The van der Waals surface area contributed by atoms with E-state index in [-0.39, 0.29) is 12.4 Å². The van der Waals surface area contributed by atoms with E-state index in [0.29, 0.717) is 0 Å². The van der Waals surface area contributed by atoms with Crippen molar-refractivity contribution in [3.63, 3.8) is 0 Å². The molecule has 1 fully saturated rings. The van der Waals surface area contributed by atoms with Gasteiger partial charge in [-0.15, -0.1) is 12.4 Å². The van der Waals surface area contributed by atoms with Crippen molar-refractivity contribution in [3.8, 4) is 0 Å². The molecule has 2 N–H and O–H groups in total. The summed E-state index contributed by atoms with van der Waals surface area (Å²) >= 11 is -3.06. The quantitative estimate of drug-likeness (QED) is 0.604. The maximum atomic E-state index is 3.61. The zero-order chi connectivity index (χ0) is 19.1. The maximum absolute atomic E-state index is 3.61. The predicted molar refractivity (Wildman–Crippen MR) is 123 cm³/mol. The van der Waals surface area contributed by atoms with Gasteiger partial charge < -0.3 is 0 Å². The van der Waals surface area contributed by atoms with Crippen LogP contribution in [0.1, 0.15) is 0 Å². The Morgan fingerprint density at radius 3 is 1.21 bits per heavy atom. The third-order valence-corrected chi connectivity index (χ3v) is 13.3. The molecule has 0 aromatic heterocycles. The van der Waals surface area contributed by atoms with Gasteiger partial charge >= 0.3 is 173 Å². The normalized spacial score (nSPS) is 16.1. The van der Waals surface area contributed by atoms with Crippen molar-refractivity contribution in [2.24, 2.45) is 0 Å². The summed E-state index contributed by atoms with van der Waals surface area (Å²) in [5.41, 5.74) is 0. The minimum atomic E-state index is -3.06. The molecule has 0 radical (unpaired) electrons. The standard InChI is InChI=1S/C6H14N3.3C6H5.ClH.Ti/c1-2-8-5-6-9-4-3-7-1;3*1-2-4-6-5-3-1;;/h7-8H,1-6H2;3*1-5H;1H;/q-1;;;;;+1. The van der Waals surface area contributed by atoms with E-state index in [4.69, 9.17) is 0 Å². The van der Waals surface area contributed by atoms with E-state index in [1.165, 1.54) is 11.6 Å². The van der Waals surface area contributed by atoms with Crippen LogP contribution in [0, 0.1) is 0 Å². The van der Waals surface area contributed by atoms with Gasteiger partial charge in [-0.05, 0) is 0 Å². The Hall–Kier alpha value is -1.46. The summed E-state index contributed by atoms with van der Waals surface area (Å²) in [5, 5.41) is 7.22. The first-order valence-electron chi connectivity index (χ1n) is 10.3. The Labute approximate surface area is 184 Å². The summed E-state index contributed by atoms with van der Waals surface area (Å²) in [6, 6.07) is 33.7. The molecule has 1 heterocycles. The first-order chi connectivity index (χ1) is 13.9. The number of rotatable bonds is 4. The molecule has 3 nitrogen and oxygen atoms in total. The van der Waals surface area contributed by atoms with Crippen LogP contribution in [0.5, 0.6) is 0 Å². The molecule has 0 saturated carbocycles. The van der Waals surface area contributed by atoms with Crippen LogP contribution in [0.15, 0.2) is 91.0 Å². The van der Waals surface area contributed by atoms with E-state index < -0.39 is 16.8 Å². The van der Waals surface area contributed by atoms with Crippen molar-refractivity contribution >= 4 is 24.0 Å². The van der Waals surface area contributed by atoms with Crippen LogP contribution in [0.3, 0.4) is 0 Å². The number of hydrogen-bond donors (Lipinski definition) is 2. The molecule has 0 atom stereocenters. The van der Waals surface area contributed by atoms with Gasteiger partial charge in [0.05, 0.1) is 0 Å². The van der Waals surface area contributed by atoms with Crippen LogP contribution in [-0.4, -0.2) is 42.7 Å². The topological polar surface area (TPSA) is 27.3 Å². The van der Waals surface area contributed by atoms with Crippen molar-refractivity contribution in [3.05, 3.63) is 91.0 Å². The molecular formula is C24H30ClN3Ti. The third-order valence-electron chi connectivity index (χ3n) is 5.64. The SMILES string of the molecule is Cl.c1cc[c]([Ti]([c]2ccccc2)([c]2ccccc2)[N]2CCNCCNCC2)cc1. The number of hydrogen-bond acceptors (Lipinski definition) is 3. The summed E-state index contributed by atoms with van der Waals surface area (Å²) in [6.07, 6.45) is 0. The molecule has 1 aliphatic heterocycles. The molecule has 1 aliphatic rings. The molecule has 29 heavy (non-hydrogen) atoms. The van der Waals surface area contributed by atoms with Gasteiger partial charge in [-0.2, -0.15) is 0 Å². The van der Waals surface area contributed by atoms with Crippen LogP contribution in [0.25, 0.3) is 0 Å². The fourth-order valence-corrected chi connectivity index (χ4v) is 12.2. The molecular weight excluding hydrogens is 414 g/mol. The van der Waals surface area contributed by atoms with Gasteiger partial charge in [-0.25, -0.2) is 0 Å². The molecule has 1 saturated heterocycles. The van der Waals surface area contributed by atoms with E-state index in [0.717, 1.165) is 39.3 Å². The van der Waals surface area contributed by atoms with Gasteiger partial charge in [0.2, 0.25) is 0 Å². The first kappa shape index (κ1) is 22.2.